The van der Waals surface area contributed by atoms with Crippen LogP contribution in [0.5, 0.6) is 0 Å². The van der Waals surface area contributed by atoms with Gasteiger partial charge in [0.2, 0.25) is 5.92 Å². The van der Waals surface area contributed by atoms with Crippen molar-refractivity contribution < 1.29 is 27.4 Å². The first-order valence-corrected chi connectivity index (χ1v) is 13.6. The van der Waals surface area contributed by atoms with E-state index in [4.69, 9.17) is 9.47 Å². The standard InChI is InChI=1S/C31H37F3N2O3/c1-28(2,3)39-27(37)36-29(4,5)38-19-30(36)16-22-17-31(33,34)14-13-25(22)26(30)12-11-24-10-9-21(18-35-24)20-7-6-8-23(32)15-20/h6-12,15,18,22,25-26H,13-14,16-17,19H2,1-5H3. The highest BCUT2D eigenvalue weighted by atomic mass is 19.3. The maximum absolute atomic E-state index is 14.5. The molecular formula is C31H37F3N2O3. The average molecular weight is 543 g/mol. The van der Waals surface area contributed by atoms with Gasteiger partial charge in [-0.1, -0.05) is 24.3 Å². The minimum atomic E-state index is -2.71. The summed E-state index contributed by atoms with van der Waals surface area (Å²) >= 11 is 0. The van der Waals surface area contributed by atoms with E-state index >= 15 is 0 Å². The molecule has 3 aliphatic rings. The second kappa shape index (κ2) is 9.65. The van der Waals surface area contributed by atoms with Crippen LogP contribution in [-0.4, -0.2) is 45.4 Å². The third-order valence-electron chi connectivity index (χ3n) is 8.36. The molecule has 0 N–H and O–H groups in total. The Bertz CT molecular complexity index is 1250. The second-order valence-electron chi connectivity index (χ2n) is 12.7. The van der Waals surface area contributed by atoms with Gasteiger partial charge in [0.25, 0.3) is 0 Å². The van der Waals surface area contributed by atoms with Gasteiger partial charge in [-0.15, -0.1) is 0 Å². The van der Waals surface area contributed by atoms with Gasteiger partial charge in [0.15, 0.2) is 0 Å². The summed E-state index contributed by atoms with van der Waals surface area (Å²) < 4.78 is 54.8. The number of nitrogens with zero attached hydrogens (tertiary/aromatic N) is 2. The van der Waals surface area contributed by atoms with Gasteiger partial charge in [0.05, 0.1) is 17.8 Å². The van der Waals surface area contributed by atoms with Crippen LogP contribution in [0.25, 0.3) is 17.2 Å². The fourth-order valence-corrected chi connectivity index (χ4v) is 6.87. The highest BCUT2D eigenvalue weighted by Crippen LogP contribution is 2.60. The van der Waals surface area contributed by atoms with Crippen molar-refractivity contribution in [3.05, 3.63) is 60.2 Å². The molecular weight excluding hydrogens is 505 g/mol. The molecule has 1 aliphatic heterocycles. The lowest BCUT2D eigenvalue weighted by molar-refractivity contribution is -0.0716. The first-order chi connectivity index (χ1) is 18.2. The molecule has 4 unspecified atom stereocenters. The maximum Gasteiger partial charge on any atom is 0.413 e. The normalized spacial score (nSPS) is 29.6. The lowest BCUT2D eigenvalue weighted by Crippen LogP contribution is -2.58. The number of rotatable bonds is 3. The Morgan fingerprint density at radius 1 is 1.15 bits per heavy atom. The summed E-state index contributed by atoms with van der Waals surface area (Å²) in [7, 11) is 0. The van der Waals surface area contributed by atoms with Crippen molar-refractivity contribution in [2.24, 2.45) is 17.8 Å². The number of hydrogen-bond acceptors (Lipinski definition) is 4. The Kier molecular flexibility index (Phi) is 6.85. The van der Waals surface area contributed by atoms with Crippen LogP contribution in [0.2, 0.25) is 0 Å². The molecule has 2 aromatic rings. The summed E-state index contributed by atoms with van der Waals surface area (Å²) in [6.45, 7) is 9.34. The van der Waals surface area contributed by atoms with Gasteiger partial charge in [-0.05, 0) is 89.1 Å². The minimum Gasteiger partial charge on any atom is -0.444 e. The average Bonchev–Trinajstić information content (AvgIpc) is 3.27. The Balaban J connectivity index is 1.49. The fraction of sp³-hybridized carbons (Fsp3) is 0.548. The predicted molar refractivity (Wildman–Crippen MR) is 143 cm³/mol. The van der Waals surface area contributed by atoms with Gasteiger partial charge in [-0.3, -0.25) is 9.88 Å². The predicted octanol–water partition coefficient (Wildman–Crippen LogP) is 7.71. The first-order valence-electron chi connectivity index (χ1n) is 13.6. The minimum absolute atomic E-state index is 0.0186. The van der Waals surface area contributed by atoms with Gasteiger partial charge in [-0.25, -0.2) is 18.0 Å². The Morgan fingerprint density at radius 2 is 1.92 bits per heavy atom. The van der Waals surface area contributed by atoms with Crippen LogP contribution >= 0.6 is 0 Å². The molecule has 1 aromatic carbocycles. The van der Waals surface area contributed by atoms with Crippen LogP contribution in [0.4, 0.5) is 18.0 Å². The second-order valence-corrected chi connectivity index (χ2v) is 12.7. The van der Waals surface area contributed by atoms with Crippen molar-refractivity contribution in [3.8, 4) is 11.1 Å². The molecule has 3 fully saturated rings. The van der Waals surface area contributed by atoms with Crippen LogP contribution in [-0.2, 0) is 9.47 Å². The summed E-state index contributed by atoms with van der Waals surface area (Å²) in [6, 6.07) is 10.1. The summed E-state index contributed by atoms with van der Waals surface area (Å²) in [5.41, 5.74) is -0.252. The fourth-order valence-electron chi connectivity index (χ4n) is 6.87. The number of pyridine rings is 1. The Hall–Kier alpha value is -2.87. The quantitative estimate of drug-likeness (QED) is 0.399. The lowest BCUT2D eigenvalue weighted by Gasteiger charge is -2.43. The Morgan fingerprint density at radius 3 is 2.59 bits per heavy atom. The summed E-state index contributed by atoms with van der Waals surface area (Å²) in [5.74, 6) is -3.49. The molecule has 5 nitrogen and oxygen atoms in total. The van der Waals surface area contributed by atoms with Crippen LogP contribution in [0.3, 0.4) is 0 Å². The number of amides is 1. The number of carbonyl (C=O) groups excluding carboxylic acids is 1. The number of alkyl halides is 2. The number of fused-ring (bicyclic) bond motifs is 1. The highest BCUT2D eigenvalue weighted by Gasteiger charge is 2.66. The van der Waals surface area contributed by atoms with Crippen LogP contribution in [0.15, 0.2) is 48.7 Å². The zero-order chi connectivity index (χ0) is 28.2. The van der Waals surface area contributed by atoms with Crippen molar-refractivity contribution in [3.63, 3.8) is 0 Å². The van der Waals surface area contributed by atoms with E-state index in [1.54, 1.807) is 17.2 Å². The topological polar surface area (TPSA) is 51.7 Å². The van der Waals surface area contributed by atoms with Gasteiger partial charge >= 0.3 is 6.09 Å². The van der Waals surface area contributed by atoms with Crippen molar-refractivity contribution in [1.82, 2.24) is 9.88 Å². The van der Waals surface area contributed by atoms with E-state index in [1.807, 2.05) is 65.0 Å². The van der Waals surface area contributed by atoms with Crippen molar-refractivity contribution in [1.29, 1.82) is 0 Å². The van der Waals surface area contributed by atoms with Crippen LogP contribution < -0.4 is 0 Å². The maximum atomic E-state index is 14.5. The summed E-state index contributed by atoms with van der Waals surface area (Å²) in [5, 5.41) is 0. The van der Waals surface area contributed by atoms with Gasteiger partial charge in [-0.2, -0.15) is 0 Å². The molecule has 1 spiro atoms. The highest BCUT2D eigenvalue weighted by molar-refractivity contribution is 5.71. The molecule has 2 saturated carbocycles. The number of halogens is 3. The van der Waals surface area contributed by atoms with Crippen molar-refractivity contribution >= 4 is 12.2 Å². The van der Waals surface area contributed by atoms with E-state index in [-0.39, 0.29) is 43.0 Å². The molecule has 1 amide bonds. The lowest BCUT2D eigenvalue weighted by atomic mass is 9.75. The molecule has 39 heavy (non-hydrogen) atoms. The van der Waals surface area contributed by atoms with E-state index in [2.05, 4.69) is 4.98 Å². The third-order valence-corrected chi connectivity index (χ3v) is 8.36. The van der Waals surface area contributed by atoms with Crippen LogP contribution in [0, 0.1) is 23.6 Å². The largest absolute Gasteiger partial charge is 0.444 e. The molecule has 2 aliphatic carbocycles. The number of aromatic nitrogens is 1. The van der Waals surface area contributed by atoms with Gasteiger partial charge in [0.1, 0.15) is 17.1 Å². The molecule has 1 saturated heterocycles. The molecule has 2 heterocycles. The van der Waals surface area contributed by atoms with Crippen molar-refractivity contribution in [2.75, 3.05) is 6.61 Å². The first kappa shape index (κ1) is 27.7. The van der Waals surface area contributed by atoms with Crippen LogP contribution in [0.1, 0.15) is 66.0 Å². The van der Waals surface area contributed by atoms with E-state index < -0.39 is 28.9 Å². The van der Waals surface area contributed by atoms with Gasteiger partial charge in [0, 0.05) is 30.5 Å². The number of ether oxygens (including phenoxy) is 2. The molecule has 4 atom stereocenters. The van der Waals surface area contributed by atoms with E-state index in [9.17, 15) is 18.0 Å². The molecule has 8 heteroatoms. The van der Waals surface area contributed by atoms with E-state index in [1.165, 1.54) is 12.1 Å². The smallest absolute Gasteiger partial charge is 0.413 e. The van der Waals surface area contributed by atoms with Crippen molar-refractivity contribution in [2.45, 2.75) is 83.1 Å². The molecule has 0 bridgehead atoms. The summed E-state index contributed by atoms with van der Waals surface area (Å²) in [6.07, 6.45) is 5.58. The van der Waals surface area contributed by atoms with E-state index in [0.29, 0.717) is 18.5 Å². The monoisotopic (exact) mass is 542 g/mol. The number of benzene rings is 1. The SMILES string of the molecule is CC(C)(C)OC(=O)N1C(C)(C)OCC12CC1CC(F)(F)CCC1C2C=Cc1ccc(-c2cccc(F)c2)cn1. The third kappa shape index (κ3) is 5.45. The number of carbonyl (C=O) groups is 1. The van der Waals surface area contributed by atoms with Gasteiger partial charge < -0.3 is 9.47 Å². The zero-order valence-electron chi connectivity index (χ0n) is 23.2. The molecule has 1 aromatic heterocycles. The molecule has 5 rings (SSSR count). The summed E-state index contributed by atoms with van der Waals surface area (Å²) in [4.78, 5) is 19.8. The Labute approximate surface area is 228 Å². The van der Waals surface area contributed by atoms with E-state index in [0.717, 1.165) is 11.1 Å². The molecule has 210 valence electrons. The molecule has 0 radical (unpaired) electrons. The zero-order valence-corrected chi connectivity index (χ0v) is 23.2. The number of hydrogen-bond donors (Lipinski definition) is 0.